The number of aliphatic hydroxyl groups excluding tert-OH is 1. The number of nitrogens with zero attached hydrogens (tertiary/aromatic N) is 1. The van der Waals surface area contributed by atoms with Crippen molar-refractivity contribution in [2.24, 2.45) is 0 Å². The van der Waals surface area contributed by atoms with Crippen molar-refractivity contribution in [1.82, 2.24) is 4.90 Å². The van der Waals surface area contributed by atoms with Gasteiger partial charge >= 0.3 is 0 Å². The lowest BCUT2D eigenvalue weighted by atomic mass is 10.1. The van der Waals surface area contributed by atoms with E-state index < -0.39 is 0 Å². The maximum Gasteiger partial charge on any atom is 0.0540 e. The molecular weight excluding hydrogens is 278 g/mol. The summed E-state index contributed by atoms with van der Waals surface area (Å²) in [5.41, 5.74) is 2.44. The molecule has 0 bridgehead atoms. The normalized spacial score (nSPS) is 10.4. The number of thiophene rings is 1. The predicted octanol–water partition coefficient (Wildman–Crippen LogP) is 3.16. The van der Waals surface area contributed by atoms with Gasteiger partial charge in [0.2, 0.25) is 0 Å². The zero-order chi connectivity index (χ0) is 14.9. The zero-order valence-corrected chi connectivity index (χ0v) is 13.2. The molecule has 0 aliphatic carbocycles. The van der Waals surface area contributed by atoms with E-state index in [1.54, 1.807) is 11.3 Å². The SMILES string of the molecule is CN(CCc1ccccc1)Cc1cc(C#CCCO)cs1. The molecule has 0 saturated heterocycles. The summed E-state index contributed by atoms with van der Waals surface area (Å²) in [5, 5.41) is 10.8. The molecule has 0 aliphatic rings. The van der Waals surface area contributed by atoms with Gasteiger partial charge in [0.1, 0.15) is 0 Å². The van der Waals surface area contributed by atoms with Gasteiger partial charge in [-0.25, -0.2) is 0 Å². The molecule has 1 N–H and O–H groups in total. The third-order valence-corrected chi connectivity index (χ3v) is 4.10. The molecule has 2 aromatic rings. The lowest BCUT2D eigenvalue weighted by molar-refractivity contribution is 0.305. The van der Waals surface area contributed by atoms with Gasteiger partial charge in [-0.05, 0) is 25.1 Å². The van der Waals surface area contributed by atoms with Crippen LogP contribution in [0.5, 0.6) is 0 Å². The van der Waals surface area contributed by atoms with Crippen LogP contribution in [0, 0.1) is 11.8 Å². The standard InChI is InChI=1S/C18H21NOS/c1-19(11-10-16-7-3-2-4-8-16)14-18-13-17(15-21-18)9-5-6-12-20/h2-4,7-8,13,15,20H,6,10-12,14H2,1H3. The summed E-state index contributed by atoms with van der Waals surface area (Å²) in [6.07, 6.45) is 1.62. The van der Waals surface area contributed by atoms with Gasteiger partial charge in [-0.2, -0.15) is 0 Å². The second-order valence-corrected chi connectivity index (χ2v) is 6.05. The second kappa shape index (κ2) is 8.63. The average Bonchev–Trinajstić information content (AvgIpc) is 2.94. The van der Waals surface area contributed by atoms with Crippen molar-refractivity contribution in [3.63, 3.8) is 0 Å². The number of benzene rings is 1. The summed E-state index contributed by atoms with van der Waals surface area (Å²) in [4.78, 5) is 3.67. The highest BCUT2D eigenvalue weighted by Crippen LogP contribution is 2.16. The summed E-state index contributed by atoms with van der Waals surface area (Å²) >= 11 is 1.75. The largest absolute Gasteiger partial charge is 0.395 e. The third kappa shape index (κ3) is 5.73. The molecule has 0 saturated carbocycles. The highest BCUT2D eigenvalue weighted by molar-refractivity contribution is 7.10. The molecule has 0 aliphatic heterocycles. The Morgan fingerprint density at radius 3 is 2.81 bits per heavy atom. The summed E-state index contributed by atoms with van der Waals surface area (Å²) in [6, 6.07) is 12.7. The van der Waals surface area contributed by atoms with Crippen molar-refractivity contribution in [3.05, 3.63) is 57.8 Å². The van der Waals surface area contributed by atoms with Crippen molar-refractivity contribution in [3.8, 4) is 11.8 Å². The van der Waals surface area contributed by atoms with E-state index in [-0.39, 0.29) is 6.61 Å². The van der Waals surface area contributed by atoms with Crippen LogP contribution in [0.15, 0.2) is 41.8 Å². The van der Waals surface area contributed by atoms with E-state index in [9.17, 15) is 0 Å². The molecule has 2 nitrogen and oxygen atoms in total. The molecular formula is C18H21NOS. The minimum absolute atomic E-state index is 0.131. The van der Waals surface area contributed by atoms with Crippen LogP contribution in [-0.2, 0) is 13.0 Å². The molecule has 0 radical (unpaired) electrons. The minimum atomic E-state index is 0.131. The maximum atomic E-state index is 8.71. The first-order valence-electron chi connectivity index (χ1n) is 7.17. The Kier molecular flexibility index (Phi) is 6.49. The lowest BCUT2D eigenvalue weighted by Gasteiger charge is -2.15. The molecule has 0 fully saturated rings. The Hall–Kier alpha value is -1.60. The van der Waals surface area contributed by atoms with Crippen molar-refractivity contribution < 1.29 is 5.11 Å². The van der Waals surface area contributed by atoms with Crippen LogP contribution >= 0.6 is 11.3 Å². The highest BCUT2D eigenvalue weighted by atomic mass is 32.1. The van der Waals surface area contributed by atoms with Gasteiger partial charge in [-0.1, -0.05) is 42.2 Å². The Morgan fingerprint density at radius 1 is 1.24 bits per heavy atom. The van der Waals surface area contributed by atoms with Crippen LogP contribution in [0.1, 0.15) is 22.4 Å². The third-order valence-electron chi connectivity index (χ3n) is 3.17. The Labute approximate surface area is 131 Å². The van der Waals surface area contributed by atoms with Crippen molar-refractivity contribution in [2.75, 3.05) is 20.2 Å². The van der Waals surface area contributed by atoms with Gasteiger partial charge in [0.15, 0.2) is 0 Å². The van der Waals surface area contributed by atoms with Gasteiger partial charge in [0.05, 0.1) is 6.61 Å². The second-order valence-electron chi connectivity index (χ2n) is 5.05. The molecule has 1 heterocycles. The van der Waals surface area contributed by atoms with E-state index in [1.165, 1.54) is 10.4 Å². The molecule has 110 valence electrons. The smallest absolute Gasteiger partial charge is 0.0540 e. The van der Waals surface area contributed by atoms with Crippen LogP contribution in [-0.4, -0.2) is 30.2 Å². The van der Waals surface area contributed by atoms with E-state index in [0.717, 1.165) is 25.1 Å². The van der Waals surface area contributed by atoms with Crippen LogP contribution in [0.3, 0.4) is 0 Å². The fourth-order valence-electron chi connectivity index (χ4n) is 2.06. The number of likely N-dealkylation sites (N-methyl/N-ethyl adjacent to an activating group) is 1. The maximum absolute atomic E-state index is 8.71. The number of hydrogen-bond donors (Lipinski definition) is 1. The summed E-state index contributed by atoms with van der Waals surface area (Å²) in [6.45, 7) is 2.14. The highest BCUT2D eigenvalue weighted by Gasteiger charge is 2.03. The lowest BCUT2D eigenvalue weighted by Crippen LogP contribution is -2.20. The minimum Gasteiger partial charge on any atom is -0.395 e. The average molecular weight is 299 g/mol. The van der Waals surface area contributed by atoms with E-state index in [1.807, 2.05) is 0 Å². The first kappa shape index (κ1) is 15.8. The van der Waals surface area contributed by atoms with Gasteiger partial charge in [-0.3, -0.25) is 0 Å². The summed E-state index contributed by atoms with van der Waals surface area (Å²) < 4.78 is 0. The number of rotatable bonds is 6. The number of hydrogen-bond acceptors (Lipinski definition) is 3. The molecule has 3 heteroatoms. The van der Waals surface area contributed by atoms with Crippen LogP contribution in [0.2, 0.25) is 0 Å². The molecule has 0 unspecified atom stereocenters. The molecule has 2 rings (SSSR count). The van der Waals surface area contributed by atoms with Crippen molar-refractivity contribution in [2.45, 2.75) is 19.4 Å². The quantitative estimate of drug-likeness (QED) is 0.828. The molecule has 1 aromatic carbocycles. The zero-order valence-electron chi connectivity index (χ0n) is 12.4. The van der Waals surface area contributed by atoms with Crippen molar-refractivity contribution >= 4 is 11.3 Å². The molecule has 1 aromatic heterocycles. The van der Waals surface area contributed by atoms with E-state index >= 15 is 0 Å². The van der Waals surface area contributed by atoms with Crippen LogP contribution < -0.4 is 0 Å². The van der Waals surface area contributed by atoms with Gasteiger partial charge in [0.25, 0.3) is 0 Å². The molecule has 21 heavy (non-hydrogen) atoms. The fraction of sp³-hybridized carbons (Fsp3) is 0.333. The Morgan fingerprint density at radius 2 is 2.05 bits per heavy atom. The summed E-state index contributed by atoms with van der Waals surface area (Å²) in [5.74, 6) is 6.04. The molecule has 0 atom stereocenters. The van der Waals surface area contributed by atoms with Crippen LogP contribution in [0.25, 0.3) is 0 Å². The first-order valence-corrected chi connectivity index (χ1v) is 8.05. The molecule has 0 amide bonds. The van der Waals surface area contributed by atoms with E-state index in [2.05, 4.69) is 65.6 Å². The first-order chi connectivity index (χ1) is 10.3. The van der Waals surface area contributed by atoms with Crippen molar-refractivity contribution in [1.29, 1.82) is 0 Å². The van der Waals surface area contributed by atoms with Gasteiger partial charge in [-0.15, -0.1) is 11.3 Å². The Balaban J connectivity index is 1.80. The summed E-state index contributed by atoms with van der Waals surface area (Å²) in [7, 11) is 2.15. The van der Waals surface area contributed by atoms with E-state index in [4.69, 9.17) is 5.11 Å². The van der Waals surface area contributed by atoms with Gasteiger partial charge < -0.3 is 10.0 Å². The Bertz CT molecular complexity index is 594. The van der Waals surface area contributed by atoms with Gasteiger partial charge in [0, 0.05) is 35.3 Å². The fourth-order valence-corrected chi connectivity index (χ4v) is 2.95. The monoisotopic (exact) mass is 299 g/mol. The molecule has 0 spiro atoms. The van der Waals surface area contributed by atoms with Crippen LogP contribution in [0.4, 0.5) is 0 Å². The topological polar surface area (TPSA) is 23.5 Å². The van der Waals surface area contributed by atoms with E-state index in [0.29, 0.717) is 6.42 Å². The number of aliphatic hydroxyl groups is 1. The predicted molar refractivity (Wildman–Crippen MR) is 89.4 cm³/mol.